The van der Waals surface area contributed by atoms with Gasteiger partial charge in [0.25, 0.3) is 0 Å². The molecule has 0 heterocycles. The summed E-state index contributed by atoms with van der Waals surface area (Å²) in [6.07, 6.45) is 1.10. The lowest BCUT2D eigenvalue weighted by Gasteiger charge is -2.27. The van der Waals surface area contributed by atoms with Crippen LogP contribution < -0.4 is 31.9 Å². The molecule has 0 rings (SSSR count). The van der Waals surface area contributed by atoms with E-state index in [9.17, 15) is 46.8 Å². The second-order valence-electron chi connectivity index (χ2n) is 18.1. The predicted octanol–water partition coefficient (Wildman–Crippen LogP) is 1.61. The van der Waals surface area contributed by atoms with Crippen molar-refractivity contribution < 1.29 is 65.7 Å². The Balaban J connectivity index is 6.57. The summed E-state index contributed by atoms with van der Waals surface area (Å²) >= 11 is 0. The summed E-state index contributed by atoms with van der Waals surface area (Å²) in [6, 6.07) is -6.98. The van der Waals surface area contributed by atoms with E-state index in [-0.39, 0.29) is 31.7 Å². The lowest BCUT2D eigenvalue weighted by molar-refractivity contribution is -0.155. The number of carbonyl (C=O) groups is 8. The molecule has 0 saturated heterocycles. The van der Waals surface area contributed by atoms with Crippen LogP contribution in [0.1, 0.15) is 115 Å². The topological polar surface area (TPSA) is 280 Å². The third kappa shape index (κ3) is 27.6. The third-order valence-electron chi connectivity index (χ3n) is 7.86. The molecule has 0 radical (unpaired) electrons. The van der Waals surface area contributed by atoms with E-state index in [1.54, 1.807) is 62.3 Å². The molecule has 2 unspecified atom stereocenters. The maximum Gasteiger partial charge on any atom is 0.408 e. The molecule has 62 heavy (non-hydrogen) atoms. The number of nitrogens with one attached hydrogen (secondary N) is 6. The molecule has 0 aliphatic heterocycles. The summed E-state index contributed by atoms with van der Waals surface area (Å²) in [7, 11) is -2.23. The number of hydrogen-bond donors (Lipinski definition) is 6. The summed E-state index contributed by atoms with van der Waals surface area (Å²) in [6.45, 7) is 18.7. The standard InChI is InChI=1S/C40H72N6O14S2/c1-24(2)21-27(35(52)57-12)43-34(51)29(23-62(14)56)45-32(49)26(18-19-30(47)58-38(3,4)5)42-33(50)28(22-61(13)55)44-31(48)25(46-37(54)60-40(9,10)11)17-15-16-20-41-36(53)59-39(6,7)8/h24-29H,15-23H2,1-14H3,(H,41,53)(H,42,50)(H,43,51)(H,44,48)(H,45,49)(H,46,54)/t25-,26-,27-,28-,29-,61?,62?/m0/s1. The molecular weight excluding hydrogens is 853 g/mol. The molecule has 0 saturated carbocycles. The van der Waals surface area contributed by atoms with E-state index < -0.39 is 134 Å². The maximum atomic E-state index is 14.0. The van der Waals surface area contributed by atoms with Crippen molar-refractivity contribution in [3.8, 4) is 0 Å². The van der Waals surface area contributed by atoms with Gasteiger partial charge in [0.2, 0.25) is 23.6 Å². The Morgan fingerprint density at radius 2 is 0.935 bits per heavy atom. The summed E-state index contributed by atoms with van der Waals surface area (Å²) in [5.41, 5.74) is -2.53. The van der Waals surface area contributed by atoms with Crippen LogP contribution in [-0.4, -0.2) is 141 Å². The van der Waals surface area contributed by atoms with Gasteiger partial charge in [-0.2, -0.15) is 0 Å². The molecule has 20 nitrogen and oxygen atoms in total. The average Bonchev–Trinajstić information content (AvgIpc) is 3.08. The zero-order chi connectivity index (χ0) is 48.2. The van der Waals surface area contributed by atoms with Gasteiger partial charge in [0.05, 0.1) is 18.6 Å². The Labute approximate surface area is 371 Å². The van der Waals surface area contributed by atoms with Gasteiger partial charge in [-0.3, -0.25) is 32.4 Å². The Bertz CT molecular complexity index is 1590. The van der Waals surface area contributed by atoms with Gasteiger partial charge in [0, 0.05) is 47.1 Å². The maximum absolute atomic E-state index is 14.0. The summed E-state index contributed by atoms with van der Waals surface area (Å²) < 4.78 is 45.7. The van der Waals surface area contributed by atoms with Gasteiger partial charge in [-0.1, -0.05) is 13.8 Å². The van der Waals surface area contributed by atoms with Crippen molar-refractivity contribution in [3.05, 3.63) is 0 Å². The fraction of sp³-hybridized carbons (Fsp3) is 0.800. The van der Waals surface area contributed by atoms with Gasteiger partial charge in [0.15, 0.2) is 0 Å². The fourth-order valence-electron chi connectivity index (χ4n) is 5.37. The van der Waals surface area contributed by atoms with Crippen LogP contribution in [0.4, 0.5) is 9.59 Å². The molecule has 6 N–H and O–H groups in total. The highest BCUT2D eigenvalue weighted by molar-refractivity contribution is 7.84. The molecule has 22 heteroatoms. The lowest BCUT2D eigenvalue weighted by atomic mass is 10.0. The Hall–Kier alpha value is -4.34. The van der Waals surface area contributed by atoms with Crippen LogP contribution >= 0.6 is 0 Å². The number of alkyl carbamates (subject to hydrolysis) is 2. The van der Waals surface area contributed by atoms with Crippen molar-refractivity contribution in [2.75, 3.05) is 37.7 Å². The van der Waals surface area contributed by atoms with Gasteiger partial charge in [-0.15, -0.1) is 0 Å². The number of esters is 2. The van der Waals surface area contributed by atoms with E-state index >= 15 is 0 Å². The molecular formula is C40H72N6O14S2. The Morgan fingerprint density at radius 3 is 1.35 bits per heavy atom. The number of rotatable bonds is 24. The molecule has 0 aromatic rings. The zero-order valence-electron chi connectivity index (χ0n) is 38.9. The molecule has 0 bridgehead atoms. The van der Waals surface area contributed by atoms with E-state index in [0.717, 1.165) is 7.11 Å². The monoisotopic (exact) mass is 924 g/mol. The highest BCUT2D eigenvalue weighted by Gasteiger charge is 2.35. The number of amides is 6. The first kappa shape index (κ1) is 57.7. The van der Waals surface area contributed by atoms with E-state index in [4.69, 9.17) is 18.9 Å². The minimum Gasteiger partial charge on any atom is -0.467 e. The molecule has 6 amide bonds. The van der Waals surface area contributed by atoms with Crippen LogP contribution in [0.25, 0.3) is 0 Å². The third-order valence-corrected chi connectivity index (χ3v) is 9.47. The van der Waals surface area contributed by atoms with Crippen LogP contribution in [0.3, 0.4) is 0 Å². The van der Waals surface area contributed by atoms with Crippen molar-refractivity contribution in [2.24, 2.45) is 5.92 Å². The smallest absolute Gasteiger partial charge is 0.408 e. The van der Waals surface area contributed by atoms with Crippen molar-refractivity contribution >= 4 is 69.4 Å². The number of ether oxygens (including phenoxy) is 4. The van der Waals surface area contributed by atoms with E-state index in [1.807, 2.05) is 13.8 Å². The average molecular weight is 925 g/mol. The highest BCUT2D eigenvalue weighted by Crippen LogP contribution is 2.13. The number of methoxy groups -OCH3 is 1. The van der Waals surface area contributed by atoms with E-state index in [1.165, 1.54) is 12.5 Å². The van der Waals surface area contributed by atoms with Crippen LogP contribution in [0, 0.1) is 5.92 Å². The first-order chi connectivity index (χ1) is 28.3. The molecule has 7 atom stereocenters. The number of hydrogen-bond acceptors (Lipinski definition) is 14. The normalized spacial score (nSPS) is 15.2. The minimum absolute atomic E-state index is 0.0157. The highest BCUT2D eigenvalue weighted by atomic mass is 32.2. The van der Waals surface area contributed by atoms with Crippen LogP contribution in [-0.2, 0) is 69.3 Å². The van der Waals surface area contributed by atoms with Crippen molar-refractivity contribution in [1.82, 2.24) is 31.9 Å². The van der Waals surface area contributed by atoms with Crippen molar-refractivity contribution in [2.45, 2.75) is 162 Å². The Kier molecular flexibility index (Phi) is 25.1. The first-order valence-electron chi connectivity index (χ1n) is 20.4. The molecule has 0 aliphatic carbocycles. The van der Waals surface area contributed by atoms with Crippen LogP contribution in [0.15, 0.2) is 0 Å². The molecule has 0 aliphatic rings. The molecule has 0 spiro atoms. The molecule has 0 aromatic carbocycles. The van der Waals surface area contributed by atoms with Gasteiger partial charge in [-0.25, -0.2) is 14.4 Å². The molecule has 0 fully saturated rings. The number of unbranched alkanes of at least 4 members (excludes halogenated alkanes) is 1. The Morgan fingerprint density at radius 1 is 0.532 bits per heavy atom. The largest absolute Gasteiger partial charge is 0.467 e. The van der Waals surface area contributed by atoms with Crippen molar-refractivity contribution in [1.29, 1.82) is 0 Å². The number of carbonyl (C=O) groups excluding carboxylic acids is 8. The summed E-state index contributed by atoms with van der Waals surface area (Å²) in [4.78, 5) is 105. The van der Waals surface area contributed by atoms with Gasteiger partial charge < -0.3 is 50.8 Å². The minimum atomic E-state index is -1.71. The van der Waals surface area contributed by atoms with Crippen molar-refractivity contribution in [3.63, 3.8) is 0 Å². The second-order valence-corrected chi connectivity index (χ2v) is 21.1. The van der Waals surface area contributed by atoms with E-state index in [0.29, 0.717) is 12.8 Å². The summed E-state index contributed by atoms with van der Waals surface area (Å²) in [5.74, 6) is -6.06. The first-order valence-corrected chi connectivity index (χ1v) is 23.8. The second kappa shape index (κ2) is 27.0. The molecule has 358 valence electrons. The molecule has 0 aromatic heterocycles. The van der Waals surface area contributed by atoms with Gasteiger partial charge >= 0.3 is 24.1 Å². The summed E-state index contributed by atoms with van der Waals surface area (Å²) in [5, 5.41) is 15.1. The van der Waals surface area contributed by atoms with Crippen LogP contribution in [0.2, 0.25) is 0 Å². The zero-order valence-corrected chi connectivity index (χ0v) is 40.5. The van der Waals surface area contributed by atoms with E-state index in [2.05, 4.69) is 31.9 Å². The van der Waals surface area contributed by atoms with Gasteiger partial charge in [0.1, 0.15) is 47.0 Å². The fourth-order valence-corrected chi connectivity index (χ4v) is 6.78. The quantitative estimate of drug-likeness (QED) is 0.0456. The van der Waals surface area contributed by atoms with Gasteiger partial charge in [-0.05, 0) is 100 Å². The SMILES string of the molecule is COC(=O)[C@H](CC(C)C)NC(=O)[C@H](CS(C)=O)NC(=O)[C@H](CCC(=O)OC(C)(C)C)NC(=O)[C@H](CS(C)=O)NC(=O)[C@H](CCCCNC(=O)OC(C)(C)C)NC(=O)OC(C)(C)C. The lowest BCUT2D eigenvalue weighted by Crippen LogP contribution is -2.60. The predicted molar refractivity (Wildman–Crippen MR) is 233 cm³/mol. The van der Waals surface area contributed by atoms with Crippen LogP contribution in [0.5, 0.6) is 0 Å².